The van der Waals surface area contributed by atoms with E-state index >= 15 is 0 Å². The Bertz CT molecular complexity index is 356. The van der Waals surface area contributed by atoms with E-state index in [0.29, 0.717) is 18.0 Å². The van der Waals surface area contributed by atoms with Crippen LogP contribution in [0.5, 0.6) is 0 Å². The highest BCUT2D eigenvalue weighted by atomic mass is 16.3. The molecule has 0 aliphatic heterocycles. The molecule has 1 aromatic heterocycles. The molecule has 1 amide bonds. The lowest BCUT2D eigenvalue weighted by Crippen LogP contribution is -2.28. The molecule has 1 aliphatic rings. The predicted octanol–water partition coefficient (Wildman–Crippen LogP) is 0.367. The number of aliphatic hydroxyl groups is 1. The van der Waals surface area contributed by atoms with Gasteiger partial charge < -0.3 is 10.4 Å². The number of nitrogens with zero attached hydrogens (tertiary/aromatic N) is 2. The number of hydrogen-bond donors (Lipinski definition) is 2. The minimum Gasteiger partial charge on any atom is -0.393 e. The monoisotopic (exact) mass is 221 g/mol. The number of carbonyl (C=O) groups is 1. The van der Waals surface area contributed by atoms with Crippen LogP contribution in [0.1, 0.15) is 29.6 Å². The van der Waals surface area contributed by atoms with Crippen molar-refractivity contribution in [1.82, 2.24) is 15.3 Å². The molecule has 1 fully saturated rings. The SMILES string of the molecule is O=C(NCC1CCC(O)C1)c1cncnc1. The molecule has 5 nitrogen and oxygen atoms in total. The Morgan fingerprint density at radius 3 is 2.81 bits per heavy atom. The van der Waals surface area contributed by atoms with Gasteiger partial charge in [-0.25, -0.2) is 9.97 Å². The molecule has 1 saturated carbocycles. The third-order valence-corrected chi connectivity index (χ3v) is 2.89. The largest absolute Gasteiger partial charge is 0.393 e. The number of aromatic nitrogens is 2. The van der Waals surface area contributed by atoms with Gasteiger partial charge in [-0.3, -0.25) is 4.79 Å². The molecule has 0 aromatic carbocycles. The van der Waals surface area contributed by atoms with Gasteiger partial charge in [-0.05, 0) is 25.2 Å². The first-order chi connectivity index (χ1) is 7.75. The number of rotatable bonds is 3. The van der Waals surface area contributed by atoms with E-state index in [2.05, 4.69) is 15.3 Å². The number of aliphatic hydroxyl groups excluding tert-OH is 1. The van der Waals surface area contributed by atoms with E-state index in [-0.39, 0.29) is 12.0 Å². The maximum Gasteiger partial charge on any atom is 0.254 e. The molecule has 0 saturated heterocycles. The molecule has 86 valence electrons. The summed E-state index contributed by atoms with van der Waals surface area (Å²) < 4.78 is 0. The first-order valence-electron chi connectivity index (χ1n) is 5.47. The van der Waals surface area contributed by atoms with Crippen LogP contribution in [0, 0.1) is 5.92 Å². The van der Waals surface area contributed by atoms with Gasteiger partial charge >= 0.3 is 0 Å². The Labute approximate surface area is 93.9 Å². The molecular weight excluding hydrogens is 206 g/mol. The summed E-state index contributed by atoms with van der Waals surface area (Å²) in [7, 11) is 0. The van der Waals surface area contributed by atoms with Gasteiger partial charge in [0.1, 0.15) is 6.33 Å². The molecule has 2 atom stereocenters. The normalized spacial score (nSPS) is 24.3. The maximum atomic E-state index is 11.6. The van der Waals surface area contributed by atoms with Crippen molar-refractivity contribution in [2.45, 2.75) is 25.4 Å². The van der Waals surface area contributed by atoms with E-state index in [1.54, 1.807) is 0 Å². The van der Waals surface area contributed by atoms with Crippen molar-refractivity contribution in [3.63, 3.8) is 0 Å². The lowest BCUT2D eigenvalue weighted by molar-refractivity contribution is 0.0944. The molecule has 1 aliphatic carbocycles. The summed E-state index contributed by atoms with van der Waals surface area (Å²) in [5.41, 5.74) is 0.473. The van der Waals surface area contributed by atoms with Crippen molar-refractivity contribution in [2.75, 3.05) is 6.54 Å². The van der Waals surface area contributed by atoms with Crippen molar-refractivity contribution in [3.05, 3.63) is 24.3 Å². The highest BCUT2D eigenvalue weighted by Crippen LogP contribution is 2.24. The lowest BCUT2D eigenvalue weighted by atomic mass is 10.1. The summed E-state index contributed by atoms with van der Waals surface area (Å²) in [5, 5.41) is 12.2. The number of carbonyl (C=O) groups excluding carboxylic acids is 1. The van der Waals surface area contributed by atoms with Crippen LogP contribution in [-0.2, 0) is 0 Å². The molecular formula is C11H15N3O2. The third-order valence-electron chi connectivity index (χ3n) is 2.89. The van der Waals surface area contributed by atoms with E-state index in [0.717, 1.165) is 19.3 Å². The van der Waals surface area contributed by atoms with Crippen molar-refractivity contribution in [1.29, 1.82) is 0 Å². The average molecular weight is 221 g/mol. The molecule has 0 bridgehead atoms. The van der Waals surface area contributed by atoms with Gasteiger partial charge in [0.15, 0.2) is 0 Å². The topological polar surface area (TPSA) is 75.1 Å². The van der Waals surface area contributed by atoms with Gasteiger partial charge in [0.2, 0.25) is 0 Å². The van der Waals surface area contributed by atoms with Crippen molar-refractivity contribution in [2.24, 2.45) is 5.92 Å². The molecule has 2 N–H and O–H groups in total. The third kappa shape index (κ3) is 2.76. The molecule has 2 unspecified atom stereocenters. The number of hydrogen-bond acceptors (Lipinski definition) is 4. The zero-order valence-electron chi connectivity index (χ0n) is 8.97. The smallest absolute Gasteiger partial charge is 0.254 e. The van der Waals surface area contributed by atoms with Gasteiger partial charge in [0, 0.05) is 18.9 Å². The average Bonchev–Trinajstić information content (AvgIpc) is 2.73. The van der Waals surface area contributed by atoms with Crippen LogP contribution in [0.2, 0.25) is 0 Å². The summed E-state index contributed by atoms with van der Waals surface area (Å²) in [6.07, 6.45) is 6.79. The van der Waals surface area contributed by atoms with E-state index < -0.39 is 0 Å². The Hall–Kier alpha value is -1.49. The van der Waals surface area contributed by atoms with Crippen LogP contribution in [0.15, 0.2) is 18.7 Å². The van der Waals surface area contributed by atoms with Gasteiger partial charge in [-0.2, -0.15) is 0 Å². The van der Waals surface area contributed by atoms with Crippen LogP contribution in [0.25, 0.3) is 0 Å². The quantitative estimate of drug-likeness (QED) is 0.773. The van der Waals surface area contributed by atoms with Gasteiger partial charge in [0.25, 0.3) is 5.91 Å². The van der Waals surface area contributed by atoms with Crippen LogP contribution in [-0.4, -0.2) is 33.6 Å². The fourth-order valence-electron chi connectivity index (χ4n) is 1.99. The predicted molar refractivity (Wildman–Crippen MR) is 57.7 cm³/mol. The van der Waals surface area contributed by atoms with Gasteiger partial charge in [-0.15, -0.1) is 0 Å². The molecule has 2 rings (SSSR count). The second-order valence-corrected chi connectivity index (χ2v) is 4.17. The van der Waals surface area contributed by atoms with E-state index in [1.165, 1.54) is 18.7 Å². The number of nitrogens with one attached hydrogen (secondary N) is 1. The molecule has 1 aromatic rings. The molecule has 1 heterocycles. The zero-order valence-corrected chi connectivity index (χ0v) is 8.97. The van der Waals surface area contributed by atoms with Crippen LogP contribution in [0.3, 0.4) is 0 Å². The fraction of sp³-hybridized carbons (Fsp3) is 0.545. The van der Waals surface area contributed by atoms with Crippen LogP contribution in [0.4, 0.5) is 0 Å². The summed E-state index contributed by atoms with van der Waals surface area (Å²) in [6.45, 7) is 0.616. The van der Waals surface area contributed by atoms with Gasteiger partial charge in [0.05, 0.1) is 11.7 Å². The Morgan fingerprint density at radius 1 is 1.44 bits per heavy atom. The first kappa shape index (κ1) is 11.0. The summed E-state index contributed by atoms with van der Waals surface area (Å²) >= 11 is 0. The summed E-state index contributed by atoms with van der Waals surface area (Å²) in [4.78, 5) is 19.2. The zero-order chi connectivity index (χ0) is 11.4. The van der Waals surface area contributed by atoms with E-state index in [1.807, 2.05) is 0 Å². The highest BCUT2D eigenvalue weighted by Gasteiger charge is 2.23. The van der Waals surface area contributed by atoms with Crippen LogP contribution < -0.4 is 5.32 Å². The summed E-state index contributed by atoms with van der Waals surface area (Å²) in [6, 6.07) is 0. The van der Waals surface area contributed by atoms with E-state index in [4.69, 9.17) is 0 Å². The fourth-order valence-corrected chi connectivity index (χ4v) is 1.99. The molecule has 0 spiro atoms. The minimum absolute atomic E-state index is 0.151. The second-order valence-electron chi connectivity index (χ2n) is 4.17. The maximum absolute atomic E-state index is 11.6. The Kier molecular flexibility index (Phi) is 3.46. The second kappa shape index (κ2) is 5.03. The molecule has 16 heavy (non-hydrogen) atoms. The van der Waals surface area contributed by atoms with Crippen molar-refractivity contribution >= 4 is 5.91 Å². The standard InChI is InChI=1S/C11H15N3O2/c15-10-2-1-8(3-10)4-14-11(16)9-5-12-7-13-6-9/h5-8,10,15H,1-4H2,(H,14,16). The molecule has 5 heteroatoms. The minimum atomic E-state index is -0.193. The van der Waals surface area contributed by atoms with Gasteiger partial charge in [-0.1, -0.05) is 0 Å². The van der Waals surface area contributed by atoms with Crippen molar-refractivity contribution < 1.29 is 9.90 Å². The van der Waals surface area contributed by atoms with Crippen molar-refractivity contribution in [3.8, 4) is 0 Å². The lowest BCUT2D eigenvalue weighted by Gasteiger charge is -2.10. The Morgan fingerprint density at radius 2 is 2.19 bits per heavy atom. The molecule has 0 radical (unpaired) electrons. The van der Waals surface area contributed by atoms with Crippen LogP contribution >= 0.6 is 0 Å². The van der Waals surface area contributed by atoms with E-state index in [9.17, 15) is 9.90 Å². The summed E-state index contributed by atoms with van der Waals surface area (Å²) in [5.74, 6) is 0.241. The first-order valence-corrected chi connectivity index (χ1v) is 5.47. The highest BCUT2D eigenvalue weighted by molar-refractivity contribution is 5.93. The Balaban J connectivity index is 1.80. The number of amides is 1.